The van der Waals surface area contributed by atoms with Crippen molar-refractivity contribution in [1.82, 2.24) is 4.98 Å². The number of rotatable bonds is 3. The van der Waals surface area contributed by atoms with Gasteiger partial charge in [0.2, 0.25) is 0 Å². The van der Waals surface area contributed by atoms with Gasteiger partial charge in [-0.3, -0.25) is 4.98 Å². The molecule has 6 aromatic carbocycles. The molecule has 0 bridgehead atoms. The molecule has 2 aliphatic carbocycles. The fraction of sp³-hybridized carbons (Fsp3) is 0.114. The predicted octanol–water partition coefficient (Wildman–Crippen LogP) is 11.9. The molecule has 1 heteroatoms. The van der Waals surface area contributed by atoms with Crippen LogP contribution in [0.2, 0.25) is 0 Å². The van der Waals surface area contributed by atoms with Gasteiger partial charge in [0.15, 0.2) is 0 Å². The van der Waals surface area contributed by atoms with E-state index in [1.54, 1.807) is 0 Å². The normalized spacial score (nSPS) is 15.2. The van der Waals surface area contributed by atoms with Crippen LogP contribution in [0.5, 0.6) is 0 Å². The summed E-state index contributed by atoms with van der Waals surface area (Å²) in [6, 6.07) is 42.9. The number of hydrogen-bond acceptors (Lipinski definition) is 1. The van der Waals surface area contributed by atoms with Gasteiger partial charge in [-0.1, -0.05) is 123 Å². The molecule has 1 heterocycles. The lowest BCUT2D eigenvalue weighted by Crippen LogP contribution is -2.16. The van der Waals surface area contributed by atoms with Crippen molar-refractivity contribution in [3.63, 3.8) is 0 Å². The van der Waals surface area contributed by atoms with Crippen molar-refractivity contribution in [3.05, 3.63) is 157 Å². The number of nitrogens with zero attached hydrogens (tertiary/aromatic N) is 1. The molecule has 2 aliphatic rings. The Morgan fingerprint density at radius 1 is 0.578 bits per heavy atom. The van der Waals surface area contributed by atoms with Gasteiger partial charge in [-0.2, -0.15) is 0 Å². The van der Waals surface area contributed by atoms with Crippen LogP contribution in [-0.2, 0) is 5.41 Å². The molecule has 1 nitrogen and oxygen atoms in total. The maximum atomic E-state index is 4.54. The Morgan fingerprint density at radius 3 is 2.13 bits per heavy atom. The zero-order chi connectivity index (χ0) is 30.1. The molecule has 0 aliphatic heterocycles. The highest BCUT2D eigenvalue weighted by molar-refractivity contribution is 6.22. The van der Waals surface area contributed by atoms with Gasteiger partial charge in [-0.05, 0) is 113 Å². The van der Waals surface area contributed by atoms with Gasteiger partial charge in [-0.15, -0.1) is 0 Å². The Morgan fingerprint density at radius 2 is 1.31 bits per heavy atom. The molecule has 0 spiro atoms. The third-order valence-electron chi connectivity index (χ3n) is 10.2. The standard InChI is InChI=1S/C44H33N/c1-44(2)40-19-8-7-15-34(40)38-26-30(21-23-41(38)44)42-35-16-5-6-17-36(35)43(31-13-10-24-45-27-31)37-22-20-29(25-39(37)42)33-18-9-12-28-11-3-4-14-32(28)33/h3-6,8-14,16-27H,7,15H2,1-2H3. The minimum atomic E-state index is 0.0238. The molecule has 7 aromatic rings. The zero-order valence-electron chi connectivity index (χ0n) is 25.6. The highest BCUT2D eigenvalue weighted by Crippen LogP contribution is 2.52. The first-order valence-electron chi connectivity index (χ1n) is 16.0. The van der Waals surface area contributed by atoms with E-state index in [0.29, 0.717) is 0 Å². The van der Waals surface area contributed by atoms with E-state index in [1.807, 2.05) is 18.5 Å². The topological polar surface area (TPSA) is 12.9 Å². The van der Waals surface area contributed by atoms with Crippen molar-refractivity contribution in [2.45, 2.75) is 32.1 Å². The van der Waals surface area contributed by atoms with Gasteiger partial charge in [0, 0.05) is 23.4 Å². The summed E-state index contributed by atoms with van der Waals surface area (Å²) in [5.41, 5.74) is 13.4. The third kappa shape index (κ3) is 3.90. The van der Waals surface area contributed by atoms with Gasteiger partial charge < -0.3 is 0 Å². The Hall–Kier alpha value is -5.27. The summed E-state index contributed by atoms with van der Waals surface area (Å²) in [6.45, 7) is 4.76. The Balaban J connectivity index is 1.39. The van der Waals surface area contributed by atoms with E-state index < -0.39 is 0 Å². The number of benzene rings is 6. The van der Waals surface area contributed by atoms with Crippen LogP contribution < -0.4 is 0 Å². The van der Waals surface area contributed by atoms with Crippen molar-refractivity contribution in [2.24, 2.45) is 0 Å². The molecule has 214 valence electrons. The van der Waals surface area contributed by atoms with Crippen molar-refractivity contribution in [3.8, 4) is 33.4 Å². The zero-order valence-corrected chi connectivity index (χ0v) is 25.6. The van der Waals surface area contributed by atoms with E-state index in [4.69, 9.17) is 0 Å². The number of allylic oxidation sites excluding steroid dienone is 4. The fourth-order valence-electron chi connectivity index (χ4n) is 8.12. The summed E-state index contributed by atoms with van der Waals surface area (Å²) in [4.78, 5) is 4.54. The van der Waals surface area contributed by atoms with E-state index in [9.17, 15) is 0 Å². The quantitative estimate of drug-likeness (QED) is 0.191. The summed E-state index contributed by atoms with van der Waals surface area (Å²) >= 11 is 0. The monoisotopic (exact) mass is 575 g/mol. The number of pyridine rings is 1. The lowest BCUT2D eigenvalue weighted by atomic mass is 9.79. The first kappa shape index (κ1) is 26.2. The summed E-state index contributed by atoms with van der Waals surface area (Å²) in [5, 5.41) is 7.59. The average Bonchev–Trinajstić information content (AvgIpc) is 3.32. The fourth-order valence-corrected chi connectivity index (χ4v) is 8.12. The second-order valence-electron chi connectivity index (χ2n) is 13.0. The lowest BCUT2D eigenvalue weighted by Gasteiger charge is -2.24. The summed E-state index contributed by atoms with van der Waals surface area (Å²) < 4.78 is 0. The molecular formula is C44H33N. The van der Waals surface area contributed by atoms with Crippen molar-refractivity contribution in [2.75, 3.05) is 0 Å². The second kappa shape index (κ2) is 9.87. The van der Waals surface area contributed by atoms with Gasteiger partial charge in [0.1, 0.15) is 0 Å². The molecule has 0 fully saturated rings. The minimum absolute atomic E-state index is 0.0238. The smallest absolute Gasteiger partial charge is 0.0346 e. The molecule has 0 amide bonds. The van der Waals surface area contributed by atoms with Gasteiger partial charge >= 0.3 is 0 Å². The molecule has 0 radical (unpaired) electrons. The molecule has 9 rings (SSSR count). The highest BCUT2D eigenvalue weighted by atomic mass is 14.6. The minimum Gasteiger partial charge on any atom is -0.264 e. The van der Waals surface area contributed by atoms with Crippen LogP contribution in [0.15, 0.2) is 145 Å². The maximum absolute atomic E-state index is 4.54. The molecule has 45 heavy (non-hydrogen) atoms. The molecule has 1 aromatic heterocycles. The molecule has 0 saturated carbocycles. The number of fused-ring (bicyclic) bond motifs is 5. The first-order chi connectivity index (χ1) is 22.1. The van der Waals surface area contributed by atoms with Crippen LogP contribution in [0, 0.1) is 0 Å². The van der Waals surface area contributed by atoms with Crippen LogP contribution >= 0.6 is 0 Å². The van der Waals surface area contributed by atoms with Crippen molar-refractivity contribution in [1.29, 1.82) is 0 Å². The van der Waals surface area contributed by atoms with Crippen molar-refractivity contribution >= 4 is 37.9 Å². The third-order valence-corrected chi connectivity index (χ3v) is 10.2. The SMILES string of the molecule is CC1(C)C2=C(CCC=C2)c2cc(-c3c4ccccc4c(-c4cccnc4)c4ccc(-c5cccc6ccccc56)cc34)ccc21. The van der Waals surface area contributed by atoms with Crippen LogP contribution in [0.25, 0.3) is 71.3 Å². The Kier molecular flexibility index (Phi) is 5.74. The van der Waals surface area contributed by atoms with Crippen LogP contribution in [0.1, 0.15) is 37.8 Å². The maximum Gasteiger partial charge on any atom is 0.0346 e. The largest absolute Gasteiger partial charge is 0.264 e. The summed E-state index contributed by atoms with van der Waals surface area (Å²) in [7, 11) is 0. The Bertz CT molecular complexity index is 2380. The van der Waals surface area contributed by atoms with Crippen molar-refractivity contribution < 1.29 is 0 Å². The van der Waals surface area contributed by atoms with E-state index in [2.05, 4.69) is 140 Å². The van der Waals surface area contributed by atoms with E-state index in [1.165, 1.54) is 82.4 Å². The molecular weight excluding hydrogens is 542 g/mol. The van der Waals surface area contributed by atoms with Crippen LogP contribution in [0.4, 0.5) is 0 Å². The average molecular weight is 576 g/mol. The number of aromatic nitrogens is 1. The van der Waals surface area contributed by atoms with E-state index >= 15 is 0 Å². The Labute approximate surface area is 264 Å². The van der Waals surface area contributed by atoms with E-state index in [0.717, 1.165) is 18.4 Å². The summed E-state index contributed by atoms with van der Waals surface area (Å²) in [5.74, 6) is 0. The second-order valence-corrected chi connectivity index (χ2v) is 13.0. The van der Waals surface area contributed by atoms with Gasteiger partial charge in [0.25, 0.3) is 0 Å². The lowest BCUT2D eigenvalue weighted by molar-refractivity contribution is 0.651. The number of hydrogen-bond donors (Lipinski definition) is 0. The van der Waals surface area contributed by atoms with Gasteiger partial charge in [-0.25, -0.2) is 0 Å². The molecule has 0 unspecified atom stereocenters. The summed E-state index contributed by atoms with van der Waals surface area (Å²) in [6.07, 6.45) is 10.8. The van der Waals surface area contributed by atoms with E-state index in [-0.39, 0.29) is 5.41 Å². The molecule has 0 saturated heterocycles. The predicted molar refractivity (Wildman–Crippen MR) is 191 cm³/mol. The molecule has 0 atom stereocenters. The first-order valence-corrected chi connectivity index (χ1v) is 16.0. The highest BCUT2D eigenvalue weighted by Gasteiger charge is 2.37. The van der Waals surface area contributed by atoms with Crippen LogP contribution in [0.3, 0.4) is 0 Å². The van der Waals surface area contributed by atoms with Crippen LogP contribution in [-0.4, -0.2) is 4.98 Å². The van der Waals surface area contributed by atoms with Gasteiger partial charge in [0.05, 0.1) is 0 Å². The molecule has 0 N–H and O–H groups in total.